The van der Waals surface area contributed by atoms with Gasteiger partial charge in [0.05, 0.1) is 5.60 Å². The van der Waals surface area contributed by atoms with Crippen molar-refractivity contribution in [2.45, 2.75) is 57.7 Å². The molecule has 4 aliphatic rings. The van der Waals surface area contributed by atoms with Gasteiger partial charge in [-0.3, -0.25) is 0 Å². The Morgan fingerprint density at radius 3 is 2.44 bits per heavy atom. The van der Waals surface area contributed by atoms with E-state index in [2.05, 4.69) is 0 Å². The van der Waals surface area contributed by atoms with Crippen LogP contribution in [-0.4, -0.2) is 40.4 Å². The van der Waals surface area contributed by atoms with Gasteiger partial charge in [0.2, 0.25) is 0 Å². The van der Waals surface area contributed by atoms with Gasteiger partial charge >= 0.3 is 6.09 Å². The minimum absolute atomic E-state index is 0.185. The fraction of sp³-hybridized carbons (Fsp3) is 0.929. The van der Waals surface area contributed by atoms with Crippen LogP contribution in [-0.2, 0) is 4.74 Å². The maximum absolute atomic E-state index is 12.0. The molecule has 4 fully saturated rings. The van der Waals surface area contributed by atoms with E-state index in [1.54, 1.807) is 0 Å². The Kier molecular flexibility index (Phi) is 2.32. The monoisotopic (exact) mass is 253 g/mol. The van der Waals surface area contributed by atoms with Gasteiger partial charge < -0.3 is 14.7 Å². The Hall–Kier alpha value is -0.770. The number of rotatable bonds is 1. The second-order valence-electron chi connectivity index (χ2n) is 7.53. The average Bonchev–Trinajstić information content (AvgIpc) is 2.57. The molecule has 1 aliphatic heterocycles. The van der Waals surface area contributed by atoms with Crippen LogP contribution in [0.2, 0.25) is 0 Å². The Bertz CT molecular complexity index is 365. The first kappa shape index (κ1) is 12.3. The molecule has 0 aromatic rings. The summed E-state index contributed by atoms with van der Waals surface area (Å²) in [5.74, 6) is 0.569. The summed E-state index contributed by atoms with van der Waals surface area (Å²) in [6, 6.07) is 0. The van der Waals surface area contributed by atoms with Crippen molar-refractivity contribution < 1.29 is 14.6 Å². The minimum atomic E-state index is -0.416. The van der Waals surface area contributed by atoms with E-state index in [1.807, 2.05) is 25.7 Å². The maximum Gasteiger partial charge on any atom is 0.410 e. The highest BCUT2D eigenvalue weighted by atomic mass is 16.6. The molecule has 1 unspecified atom stereocenters. The Morgan fingerprint density at radius 1 is 1.33 bits per heavy atom. The quantitative estimate of drug-likeness (QED) is 0.779. The summed E-state index contributed by atoms with van der Waals surface area (Å²) >= 11 is 0. The summed E-state index contributed by atoms with van der Waals surface area (Å²) in [6.07, 6.45) is 3.73. The van der Waals surface area contributed by atoms with Crippen LogP contribution in [0.25, 0.3) is 0 Å². The Balaban J connectivity index is 1.55. The van der Waals surface area contributed by atoms with Gasteiger partial charge in [0, 0.05) is 13.1 Å². The number of aliphatic hydroxyl groups is 1. The van der Waals surface area contributed by atoms with Gasteiger partial charge in [0.1, 0.15) is 5.60 Å². The number of carbonyl (C=O) groups is 1. The van der Waals surface area contributed by atoms with Crippen molar-refractivity contribution >= 4 is 6.09 Å². The van der Waals surface area contributed by atoms with Crippen LogP contribution in [0.5, 0.6) is 0 Å². The van der Waals surface area contributed by atoms with E-state index in [0.717, 1.165) is 38.8 Å². The zero-order valence-electron chi connectivity index (χ0n) is 11.5. The molecular formula is C14H23NO3. The van der Waals surface area contributed by atoms with Gasteiger partial charge in [-0.15, -0.1) is 0 Å². The van der Waals surface area contributed by atoms with Gasteiger partial charge in [-0.2, -0.15) is 0 Å². The molecule has 1 N–H and O–H groups in total. The number of amides is 1. The molecule has 1 saturated heterocycles. The molecule has 4 nitrogen and oxygen atoms in total. The third-order valence-electron chi connectivity index (χ3n) is 4.75. The topological polar surface area (TPSA) is 49.8 Å². The summed E-state index contributed by atoms with van der Waals surface area (Å²) in [5.41, 5.74) is -0.397. The molecule has 4 rings (SSSR count). The van der Waals surface area contributed by atoms with Gasteiger partial charge in [0.25, 0.3) is 0 Å². The van der Waals surface area contributed by atoms with E-state index in [1.165, 1.54) is 0 Å². The SMILES string of the molecule is CC(C)(C)OC(=O)N1CCC(C23CC(O)(C2)C3)C1. The fourth-order valence-corrected chi connectivity index (χ4v) is 4.00. The molecule has 3 saturated carbocycles. The van der Waals surface area contributed by atoms with Crippen LogP contribution in [0.15, 0.2) is 0 Å². The van der Waals surface area contributed by atoms with Gasteiger partial charge in [-0.25, -0.2) is 4.79 Å². The number of carbonyl (C=O) groups excluding carboxylic acids is 1. The van der Waals surface area contributed by atoms with Gasteiger partial charge in [0.15, 0.2) is 0 Å². The predicted octanol–water partition coefficient (Wildman–Crippen LogP) is 2.16. The zero-order valence-corrected chi connectivity index (χ0v) is 11.5. The highest BCUT2D eigenvalue weighted by Crippen LogP contribution is 2.71. The number of likely N-dealkylation sites (tertiary alicyclic amines) is 1. The lowest BCUT2D eigenvalue weighted by Gasteiger charge is -2.70. The number of ether oxygens (including phenoxy) is 1. The summed E-state index contributed by atoms with van der Waals surface area (Å²) < 4.78 is 5.40. The highest BCUT2D eigenvalue weighted by molar-refractivity contribution is 5.68. The molecule has 4 heteroatoms. The van der Waals surface area contributed by atoms with E-state index in [4.69, 9.17) is 4.74 Å². The smallest absolute Gasteiger partial charge is 0.410 e. The van der Waals surface area contributed by atoms with Crippen molar-refractivity contribution in [1.29, 1.82) is 0 Å². The number of nitrogens with zero attached hydrogens (tertiary/aromatic N) is 1. The van der Waals surface area contributed by atoms with Crippen LogP contribution in [0, 0.1) is 11.3 Å². The van der Waals surface area contributed by atoms with E-state index >= 15 is 0 Å². The average molecular weight is 253 g/mol. The summed E-state index contributed by atoms with van der Waals surface area (Å²) in [6.45, 7) is 7.31. The molecule has 1 amide bonds. The first-order valence-corrected chi connectivity index (χ1v) is 6.92. The lowest BCUT2D eigenvalue weighted by molar-refractivity contribution is -0.280. The second kappa shape index (κ2) is 3.41. The molecule has 1 heterocycles. The van der Waals surface area contributed by atoms with Crippen molar-refractivity contribution in [3.8, 4) is 0 Å². The third-order valence-corrected chi connectivity index (χ3v) is 4.75. The highest BCUT2D eigenvalue weighted by Gasteiger charge is 2.70. The molecule has 0 radical (unpaired) electrons. The van der Waals surface area contributed by atoms with Crippen LogP contribution in [0.3, 0.4) is 0 Å². The second-order valence-corrected chi connectivity index (χ2v) is 7.53. The first-order chi connectivity index (χ1) is 8.22. The van der Waals surface area contributed by atoms with Crippen molar-refractivity contribution in [3.05, 3.63) is 0 Å². The van der Waals surface area contributed by atoms with Crippen molar-refractivity contribution in [3.63, 3.8) is 0 Å². The van der Waals surface area contributed by atoms with Gasteiger partial charge in [-0.1, -0.05) is 0 Å². The lowest BCUT2D eigenvalue weighted by Crippen LogP contribution is -2.69. The van der Waals surface area contributed by atoms with E-state index in [0.29, 0.717) is 11.3 Å². The normalized spacial score (nSPS) is 42.2. The van der Waals surface area contributed by atoms with Crippen molar-refractivity contribution in [1.82, 2.24) is 4.90 Å². The standard InChI is InChI=1S/C14H23NO3/c1-12(2,3)18-11(16)15-5-4-10(6-15)13-7-14(17,8-13)9-13/h10,17H,4-9H2,1-3H3. The minimum Gasteiger partial charge on any atom is -0.444 e. The molecule has 102 valence electrons. The predicted molar refractivity (Wildman–Crippen MR) is 67.1 cm³/mol. The summed E-state index contributed by atoms with van der Waals surface area (Å²) in [5, 5.41) is 9.83. The summed E-state index contributed by atoms with van der Waals surface area (Å²) in [4.78, 5) is 13.8. The lowest BCUT2D eigenvalue weighted by atomic mass is 9.37. The zero-order chi connectivity index (χ0) is 13.2. The van der Waals surface area contributed by atoms with Gasteiger partial charge in [-0.05, 0) is 57.8 Å². The molecular weight excluding hydrogens is 230 g/mol. The van der Waals surface area contributed by atoms with E-state index in [-0.39, 0.29) is 11.7 Å². The van der Waals surface area contributed by atoms with E-state index in [9.17, 15) is 9.90 Å². The van der Waals surface area contributed by atoms with Crippen LogP contribution >= 0.6 is 0 Å². The molecule has 3 aliphatic carbocycles. The molecule has 0 aromatic heterocycles. The number of hydrogen-bond acceptors (Lipinski definition) is 3. The number of hydrogen-bond donors (Lipinski definition) is 1. The molecule has 0 aromatic carbocycles. The Morgan fingerprint density at radius 2 is 1.94 bits per heavy atom. The molecule has 18 heavy (non-hydrogen) atoms. The van der Waals surface area contributed by atoms with Crippen LogP contribution < -0.4 is 0 Å². The van der Waals surface area contributed by atoms with Crippen molar-refractivity contribution in [2.24, 2.45) is 11.3 Å². The van der Waals surface area contributed by atoms with E-state index < -0.39 is 5.60 Å². The Labute approximate surface area is 108 Å². The first-order valence-electron chi connectivity index (χ1n) is 6.92. The molecule has 1 atom stereocenters. The van der Waals surface area contributed by atoms with Crippen LogP contribution in [0.4, 0.5) is 4.79 Å². The fourth-order valence-electron chi connectivity index (χ4n) is 4.00. The van der Waals surface area contributed by atoms with Crippen molar-refractivity contribution in [2.75, 3.05) is 13.1 Å². The third kappa shape index (κ3) is 1.81. The largest absolute Gasteiger partial charge is 0.444 e. The molecule has 0 spiro atoms. The summed E-state index contributed by atoms with van der Waals surface area (Å²) in [7, 11) is 0. The molecule has 2 bridgehead atoms. The van der Waals surface area contributed by atoms with Crippen LogP contribution in [0.1, 0.15) is 46.5 Å². The maximum atomic E-state index is 12.0.